The molecule has 1 rings (SSSR count). The molecule has 0 saturated carbocycles. The predicted molar refractivity (Wildman–Crippen MR) is 48.3 cm³/mol. The van der Waals surface area contributed by atoms with Gasteiger partial charge in [0.25, 0.3) is 0 Å². The van der Waals surface area contributed by atoms with E-state index in [1.54, 1.807) is 6.08 Å². The van der Waals surface area contributed by atoms with Gasteiger partial charge in [0.15, 0.2) is 0 Å². The zero-order valence-electron chi connectivity index (χ0n) is 7.03. The minimum atomic E-state index is 0.382. The van der Waals surface area contributed by atoms with Crippen LogP contribution in [0.3, 0.4) is 0 Å². The molecular weight excluding hydrogens is 150 g/mol. The molecule has 0 radical (unpaired) electrons. The fourth-order valence-electron chi connectivity index (χ4n) is 1.07. The molecule has 0 bridgehead atoms. The van der Waals surface area contributed by atoms with Gasteiger partial charge in [-0.2, -0.15) is 4.99 Å². The van der Waals surface area contributed by atoms with E-state index in [1.165, 1.54) is 6.08 Å². The summed E-state index contributed by atoms with van der Waals surface area (Å²) in [4.78, 5) is 13.6. The quantitative estimate of drug-likeness (QED) is 0.451. The highest BCUT2D eigenvalue weighted by molar-refractivity contribution is 5.41. The normalized spacial score (nSPS) is 21.1. The van der Waals surface area contributed by atoms with Gasteiger partial charge in [-0.25, -0.2) is 4.79 Å². The lowest BCUT2D eigenvalue weighted by Gasteiger charge is -2.00. The molecule has 0 amide bonds. The Hall–Kier alpha value is -1.40. The Labute approximate surface area is 72.0 Å². The Morgan fingerprint density at radius 3 is 3.08 bits per heavy atom. The van der Waals surface area contributed by atoms with Gasteiger partial charge in [0.2, 0.25) is 6.08 Å². The SMILES string of the molecule is CCC1C=CC=CC(N=C=O)=C1. The highest BCUT2D eigenvalue weighted by atomic mass is 16.1. The number of hydrogen-bond donors (Lipinski definition) is 0. The molecule has 2 nitrogen and oxygen atoms in total. The summed E-state index contributed by atoms with van der Waals surface area (Å²) in [5.41, 5.74) is 0.696. The van der Waals surface area contributed by atoms with Crippen LogP contribution in [0.5, 0.6) is 0 Å². The third-order valence-corrected chi connectivity index (χ3v) is 1.77. The van der Waals surface area contributed by atoms with Gasteiger partial charge < -0.3 is 0 Å². The fourth-order valence-corrected chi connectivity index (χ4v) is 1.07. The van der Waals surface area contributed by atoms with Crippen molar-refractivity contribution >= 4 is 6.08 Å². The van der Waals surface area contributed by atoms with Crippen LogP contribution in [-0.4, -0.2) is 6.08 Å². The molecule has 0 aromatic rings. The second-order valence-electron chi connectivity index (χ2n) is 2.61. The third-order valence-electron chi connectivity index (χ3n) is 1.77. The Kier molecular flexibility index (Phi) is 3.24. The number of nitrogens with zero attached hydrogens (tertiary/aromatic N) is 1. The van der Waals surface area contributed by atoms with E-state index < -0.39 is 0 Å². The molecule has 1 aliphatic rings. The topological polar surface area (TPSA) is 29.4 Å². The van der Waals surface area contributed by atoms with Crippen molar-refractivity contribution in [1.82, 2.24) is 0 Å². The number of allylic oxidation sites excluding steroid dienone is 5. The fraction of sp³-hybridized carbons (Fsp3) is 0.300. The molecule has 12 heavy (non-hydrogen) atoms. The van der Waals surface area contributed by atoms with Gasteiger partial charge in [0, 0.05) is 0 Å². The van der Waals surface area contributed by atoms with Crippen molar-refractivity contribution in [2.24, 2.45) is 10.9 Å². The maximum absolute atomic E-state index is 9.99. The molecule has 0 heterocycles. The zero-order chi connectivity index (χ0) is 8.81. The first-order chi connectivity index (χ1) is 5.86. The summed E-state index contributed by atoms with van der Waals surface area (Å²) in [5, 5.41) is 0. The van der Waals surface area contributed by atoms with Crippen LogP contribution in [0.25, 0.3) is 0 Å². The molecule has 0 fully saturated rings. The van der Waals surface area contributed by atoms with Gasteiger partial charge in [-0.3, -0.25) is 0 Å². The van der Waals surface area contributed by atoms with Crippen molar-refractivity contribution < 1.29 is 4.79 Å². The summed E-state index contributed by atoms with van der Waals surface area (Å²) < 4.78 is 0. The Balaban J connectivity index is 2.85. The number of aliphatic imine (C=N–C) groups is 1. The van der Waals surface area contributed by atoms with Crippen molar-refractivity contribution in [1.29, 1.82) is 0 Å². The lowest BCUT2D eigenvalue weighted by molar-refractivity contribution is 0.564. The van der Waals surface area contributed by atoms with Crippen molar-refractivity contribution in [3.05, 3.63) is 36.1 Å². The summed E-state index contributed by atoms with van der Waals surface area (Å²) in [6.45, 7) is 2.10. The predicted octanol–water partition coefficient (Wildman–Crippen LogP) is 2.36. The van der Waals surface area contributed by atoms with Gasteiger partial charge >= 0.3 is 0 Å². The molecule has 0 N–H and O–H groups in total. The average molecular weight is 161 g/mol. The van der Waals surface area contributed by atoms with E-state index in [0.717, 1.165) is 6.42 Å². The molecule has 62 valence electrons. The number of rotatable bonds is 2. The maximum Gasteiger partial charge on any atom is 0.240 e. The number of carbonyl (C=O) groups excluding carboxylic acids is 1. The number of isocyanates is 1. The molecule has 0 saturated heterocycles. The van der Waals surface area contributed by atoms with E-state index in [2.05, 4.69) is 18.0 Å². The van der Waals surface area contributed by atoms with Crippen molar-refractivity contribution in [2.75, 3.05) is 0 Å². The summed E-state index contributed by atoms with van der Waals surface area (Å²) in [6.07, 6.45) is 12.3. The van der Waals surface area contributed by atoms with E-state index in [-0.39, 0.29) is 0 Å². The van der Waals surface area contributed by atoms with Crippen LogP contribution in [-0.2, 0) is 4.79 Å². The minimum absolute atomic E-state index is 0.382. The standard InChI is InChI=1S/C10H11NO/c1-2-9-5-3-4-6-10(7-9)11-8-12/h3-7,9H,2H2,1H3. The summed E-state index contributed by atoms with van der Waals surface area (Å²) in [6, 6.07) is 0. The first kappa shape index (κ1) is 8.69. The zero-order valence-corrected chi connectivity index (χ0v) is 7.03. The van der Waals surface area contributed by atoms with E-state index in [9.17, 15) is 4.79 Å². The summed E-state index contributed by atoms with van der Waals surface area (Å²) >= 11 is 0. The van der Waals surface area contributed by atoms with Crippen LogP contribution in [0.15, 0.2) is 41.1 Å². The van der Waals surface area contributed by atoms with Gasteiger partial charge in [-0.1, -0.05) is 31.2 Å². The van der Waals surface area contributed by atoms with Gasteiger partial charge in [0.05, 0.1) is 5.70 Å². The molecule has 0 spiro atoms. The van der Waals surface area contributed by atoms with Crippen molar-refractivity contribution in [3.63, 3.8) is 0 Å². The van der Waals surface area contributed by atoms with E-state index in [1.807, 2.05) is 18.2 Å². The monoisotopic (exact) mass is 161 g/mol. The minimum Gasteiger partial charge on any atom is -0.211 e. The van der Waals surface area contributed by atoms with Crippen molar-refractivity contribution in [3.8, 4) is 0 Å². The van der Waals surface area contributed by atoms with Gasteiger partial charge in [0.1, 0.15) is 0 Å². The van der Waals surface area contributed by atoms with Crippen molar-refractivity contribution in [2.45, 2.75) is 13.3 Å². The highest BCUT2D eigenvalue weighted by Gasteiger charge is 2.00. The molecule has 0 aliphatic heterocycles. The first-order valence-electron chi connectivity index (χ1n) is 4.01. The third kappa shape index (κ3) is 2.33. The molecule has 1 atom stereocenters. The second-order valence-corrected chi connectivity index (χ2v) is 2.61. The van der Waals surface area contributed by atoms with Gasteiger partial charge in [-0.15, -0.1) is 0 Å². The second kappa shape index (κ2) is 4.47. The Morgan fingerprint density at radius 1 is 1.58 bits per heavy atom. The first-order valence-corrected chi connectivity index (χ1v) is 4.01. The van der Waals surface area contributed by atoms with Crippen LogP contribution in [0.2, 0.25) is 0 Å². The van der Waals surface area contributed by atoms with Crippen LogP contribution < -0.4 is 0 Å². The maximum atomic E-state index is 9.99. The van der Waals surface area contributed by atoms with Gasteiger partial charge in [-0.05, 0) is 18.4 Å². The average Bonchev–Trinajstić information content (AvgIpc) is 2.30. The smallest absolute Gasteiger partial charge is 0.211 e. The highest BCUT2D eigenvalue weighted by Crippen LogP contribution is 2.14. The molecule has 2 heteroatoms. The molecule has 1 unspecified atom stereocenters. The summed E-state index contributed by atoms with van der Waals surface area (Å²) in [7, 11) is 0. The molecule has 0 aromatic carbocycles. The van der Waals surface area contributed by atoms with Crippen LogP contribution >= 0.6 is 0 Å². The number of hydrogen-bond acceptors (Lipinski definition) is 2. The molecular formula is C10H11NO. The molecule has 1 aliphatic carbocycles. The Bertz CT molecular complexity index is 280. The van der Waals surface area contributed by atoms with E-state index in [0.29, 0.717) is 11.6 Å². The largest absolute Gasteiger partial charge is 0.240 e. The lowest BCUT2D eigenvalue weighted by atomic mass is 10.1. The van der Waals surface area contributed by atoms with Crippen LogP contribution in [0.4, 0.5) is 0 Å². The lowest BCUT2D eigenvalue weighted by Crippen LogP contribution is -1.88. The van der Waals surface area contributed by atoms with Crippen LogP contribution in [0.1, 0.15) is 13.3 Å². The Morgan fingerprint density at radius 2 is 2.42 bits per heavy atom. The summed E-state index contributed by atoms with van der Waals surface area (Å²) in [5.74, 6) is 0.382. The van der Waals surface area contributed by atoms with E-state index in [4.69, 9.17) is 0 Å². The van der Waals surface area contributed by atoms with E-state index >= 15 is 0 Å². The molecule has 0 aromatic heterocycles. The van der Waals surface area contributed by atoms with Crippen LogP contribution in [0, 0.1) is 5.92 Å².